The molecule has 88 valence electrons. The molecular weight excluding hydrogens is 224 g/mol. The van der Waals surface area contributed by atoms with Crippen LogP contribution in [-0.2, 0) is 10.0 Å². The Kier molecular flexibility index (Phi) is 2.55. The van der Waals surface area contributed by atoms with E-state index in [-0.39, 0.29) is 11.5 Å². The first-order valence-corrected chi connectivity index (χ1v) is 7.04. The molecule has 1 aliphatic rings. The number of hydrogen-bond donors (Lipinski definition) is 0. The Bertz CT molecular complexity index is 482. The summed E-state index contributed by atoms with van der Waals surface area (Å²) in [4.78, 5) is 4.05. The third-order valence-electron chi connectivity index (χ3n) is 3.02. The van der Waals surface area contributed by atoms with E-state index in [1.807, 2.05) is 12.1 Å². The molecule has 0 saturated carbocycles. The van der Waals surface area contributed by atoms with Gasteiger partial charge in [-0.15, -0.1) is 0 Å². The number of hydrogen-bond acceptors (Lipinski definition) is 3. The average molecular weight is 240 g/mol. The van der Waals surface area contributed by atoms with Crippen molar-refractivity contribution in [1.29, 1.82) is 0 Å². The van der Waals surface area contributed by atoms with Crippen LogP contribution in [0.25, 0.3) is 0 Å². The van der Waals surface area contributed by atoms with Gasteiger partial charge in [0.15, 0.2) is 0 Å². The van der Waals surface area contributed by atoms with E-state index in [9.17, 15) is 8.42 Å². The van der Waals surface area contributed by atoms with Crippen molar-refractivity contribution in [3.05, 3.63) is 30.1 Å². The molecule has 2 heterocycles. The van der Waals surface area contributed by atoms with Crippen molar-refractivity contribution in [3.8, 4) is 0 Å². The van der Waals surface area contributed by atoms with Crippen molar-refractivity contribution in [2.45, 2.75) is 19.9 Å². The average Bonchev–Trinajstić information content (AvgIpc) is 2.15. The zero-order valence-electron chi connectivity index (χ0n) is 9.71. The van der Waals surface area contributed by atoms with E-state index in [1.54, 1.807) is 12.4 Å². The van der Waals surface area contributed by atoms with Gasteiger partial charge >= 0.3 is 0 Å². The van der Waals surface area contributed by atoms with Crippen LogP contribution in [0.4, 0.5) is 0 Å². The van der Waals surface area contributed by atoms with Gasteiger partial charge < -0.3 is 0 Å². The Hall–Kier alpha value is -0.940. The van der Waals surface area contributed by atoms with Crippen molar-refractivity contribution in [1.82, 2.24) is 9.29 Å². The van der Waals surface area contributed by atoms with E-state index in [4.69, 9.17) is 0 Å². The van der Waals surface area contributed by atoms with Gasteiger partial charge in [-0.3, -0.25) is 4.98 Å². The molecule has 16 heavy (non-hydrogen) atoms. The van der Waals surface area contributed by atoms with Gasteiger partial charge in [-0.2, -0.15) is 4.31 Å². The summed E-state index contributed by atoms with van der Waals surface area (Å²) >= 11 is 0. The summed E-state index contributed by atoms with van der Waals surface area (Å²) in [5, 5.41) is 0. The minimum atomic E-state index is -3.13. The lowest BCUT2D eigenvalue weighted by atomic mass is 9.74. The minimum Gasteiger partial charge on any atom is -0.264 e. The molecule has 1 saturated heterocycles. The smallest absolute Gasteiger partial charge is 0.211 e. The summed E-state index contributed by atoms with van der Waals surface area (Å²) in [6, 6.07) is 3.68. The Morgan fingerprint density at radius 3 is 2.62 bits per heavy atom. The largest absolute Gasteiger partial charge is 0.264 e. The van der Waals surface area contributed by atoms with E-state index in [1.165, 1.54) is 10.6 Å². The molecule has 1 aromatic heterocycles. The molecule has 5 heteroatoms. The van der Waals surface area contributed by atoms with Gasteiger partial charge in [0.05, 0.1) is 12.3 Å². The normalized spacial score (nSPS) is 25.1. The SMILES string of the molecule is CC1(C)CN(S(C)(=O)=O)[C@H]1c1cccnc1. The number of nitrogens with zero attached hydrogens (tertiary/aromatic N) is 2. The van der Waals surface area contributed by atoms with E-state index in [2.05, 4.69) is 18.8 Å². The van der Waals surface area contributed by atoms with Crippen LogP contribution in [0.15, 0.2) is 24.5 Å². The lowest BCUT2D eigenvalue weighted by Crippen LogP contribution is -2.57. The molecule has 0 radical (unpaired) electrons. The lowest BCUT2D eigenvalue weighted by Gasteiger charge is -2.52. The van der Waals surface area contributed by atoms with E-state index in [0.717, 1.165) is 5.56 Å². The second-order valence-corrected chi connectivity index (χ2v) is 6.92. The van der Waals surface area contributed by atoms with Crippen molar-refractivity contribution in [2.24, 2.45) is 5.41 Å². The Morgan fingerprint density at radius 2 is 2.19 bits per heavy atom. The number of pyridine rings is 1. The maximum Gasteiger partial charge on any atom is 0.211 e. The molecule has 1 aliphatic heterocycles. The van der Waals surface area contributed by atoms with E-state index >= 15 is 0 Å². The number of sulfonamides is 1. The summed E-state index contributed by atoms with van der Waals surface area (Å²) in [6.07, 6.45) is 4.69. The topological polar surface area (TPSA) is 50.3 Å². The number of aromatic nitrogens is 1. The minimum absolute atomic E-state index is 0.0217. The van der Waals surface area contributed by atoms with Crippen molar-refractivity contribution < 1.29 is 8.42 Å². The van der Waals surface area contributed by atoms with Gasteiger partial charge in [0, 0.05) is 18.9 Å². The highest BCUT2D eigenvalue weighted by Crippen LogP contribution is 2.49. The third kappa shape index (κ3) is 1.85. The van der Waals surface area contributed by atoms with Crippen LogP contribution in [0, 0.1) is 5.41 Å². The molecule has 1 aromatic rings. The highest BCUT2D eigenvalue weighted by atomic mass is 32.2. The van der Waals surface area contributed by atoms with Crippen LogP contribution in [0.3, 0.4) is 0 Å². The quantitative estimate of drug-likeness (QED) is 0.785. The van der Waals surface area contributed by atoms with Gasteiger partial charge in [-0.25, -0.2) is 8.42 Å². The molecule has 0 N–H and O–H groups in total. The fourth-order valence-electron chi connectivity index (χ4n) is 2.32. The molecule has 0 unspecified atom stereocenters. The van der Waals surface area contributed by atoms with E-state index < -0.39 is 10.0 Å². The zero-order valence-corrected chi connectivity index (χ0v) is 10.5. The fourth-order valence-corrected chi connectivity index (χ4v) is 3.68. The third-order valence-corrected chi connectivity index (χ3v) is 4.21. The van der Waals surface area contributed by atoms with Gasteiger partial charge in [-0.1, -0.05) is 19.9 Å². The molecule has 0 amide bonds. The van der Waals surface area contributed by atoms with Crippen molar-refractivity contribution in [2.75, 3.05) is 12.8 Å². The van der Waals surface area contributed by atoms with Gasteiger partial charge in [0.1, 0.15) is 0 Å². The van der Waals surface area contributed by atoms with Gasteiger partial charge in [0.2, 0.25) is 10.0 Å². The second-order valence-electron chi connectivity index (χ2n) is 4.99. The summed E-state index contributed by atoms with van der Waals surface area (Å²) < 4.78 is 24.7. The Morgan fingerprint density at radius 1 is 1.50 bits per heavy atom. The summed E-state index contributed by atoms with van der Waals surface area (Å²) in [7, 11) is -3.13. The van der Waals surface area contributed by atoms with Crippen LogP contribution in [0.1, 0.15) is 25.5 Å². The Balaban J connectivity index is 2.37. The van der Waals surface area contributed by atoms with Crippen molar-refractivity contribution >= 4 is 10.0 Å². The maximum atomic E-state index is 11.6. The molecule has 4 nitrogen and oxygen atoms in total. The highest BCUT2D eigenvalue weighted by molar-refractivity contribution is 7.88. The summed E-state index contributed by atoms with van der Waals surface area (Å²) in [5.74, 6) is 0. The van der Waals surface area contributed by atoms with Gasteiger partial charge in [-0.05, 0) is 17.0 Å². The van der Waals surface area contributed by atoms with Crippen LogP contribution < -0.4 is 0 Å². The molecule has 2 rings (SSSR count). The summed E-state index contributed by atoms with van der Waals surface area (Å²) in [5.41, 5.74) is 0.940. The fraction of sp³-hybridized carbons (Fsp3) is 0.545. The molecule has 0 bridgehead atoms. The molecule has 0 aromatic carbocycles. The van der Waals surface area contributed by atoms with Gasteiger partial charge in [0.25, 0.3) is 0 Å². The van der Waals surface area contributed by atoms with Crippen LogP contribution in [0.2, 0.25) is 0 Å². The summed E-state index contributed by atoms with van der Waals surface area (Å²) in [6.45, 7) is 4.73. The van der Waals surface area contributed by atoms with Crippen LogP contribution in [0.5, 0.6) is 0 Å². The Labute approximate surface area is 96.4 Å². The van der Waals surface area contributed by atoms with E-state index in [0.29, 0.717) is 6.54 Å². The monoisotopic (exact) mass is 240 g/mol. The standard InChI is InChI=1S/C11H16N2O2S/c1-11(2)8-13(16(3,14)15)10(11)9-5-4-6-12-7-9/h4-7,10H,8H2,1-3H3/t10-/m0/s1. The first-order chi connectivity index (χ1) is 7.32. The first-order valence-electron chi connectivity index (χ1n) is 5.19. The molecule has 0 aliphatic carbocycles. The molecular formula is C11H16N2O2S. The second kappa shape index (κ2) is 3.53. The van der Waals surface area contributed by atoms with Crippen LogP contribution >= 0.6 is 0 Å². The number of rotatable bonds is 2. The first kappa shape index (κ1) is 11.5. The molecule has 1 fully saturated rings. The molecule has 1 atom stereocenters. The highest BCUT2D eigenvalue weighted by Gasteiger charge is 2.50. The zero-order chi connectivity index (χ0) is 12.0. The lowest BCUT2D eigenvalue weighted by molar-refractivity contribution is 0.0202. The molecule has 0 spiro atoms. The predicted molar refractivity (Wildman–Crippen MR) is 62.3 cm³/mol. The maximum absolute atomic E-state index is 11.6. The predicted octanol–water partition coefficient (Wildman–Crippen LogP) is 1.42. The van der Waals surface area contributed by atoms with Crippen molar-refractivity contribution in [3.63, 3.8) is 0 Å². The van der Waals surface area contributed by atoms with Crippen LogP contribution in [-0.4, -0.2) is 30.5 Å².